The Kier molecular flexibility index (Phi) is 2.17. The van der Waals surface area contributed by atoms with Crippen LogP contribution in [0.2, 0.25) is 0 Å². The topological polar surface area (TPSA) is 26.3 Å². The predicted octanol–water partition coefficient (Wildman–Crippen LogP) is 2.97. The Morgan fingerprint density at radius 1 is 1.21 bits per heavy atom. The van der Waals surface area contributed by atoms with Crippen LogP contribution in [0.3, 0.4) is 0 Å². The maximum absolute atomic E-state index is 12.4. The van der Waals surface area contributed by atoms with Gasteiger partial charge in [0.05, 0.1) is 0 Å². The summed E-state index contributed by atoms with van der Waals surface area (Å²) >= 11 is -3.76. The molecule has 0 saturated carbocycles. The van der Waals surface area contributed by atoms with Gasteiger partial charge in [-0.3, -0.25) is 0 Å². The molecule has 1 aromatic rings. The quantitative estimate of drug-likeness (QED) is 0.543. The van der Waals surface area contributed by atoms with Crippen molar-refractivity contribution in [3.8, 4) is 0 Å². The van der Waals surface area contributed by atoms with Crippen LogP contribution in [0, 0.1) is 3.57 Å². The zero-order valence-corrected chi connectivity index (χ0v) is 8.80. The molecule has 1 aliphatic heterocycles. The second-order valence-corrected chi connectivity index (χ2v) is 6.77. The van der Waals surface area contributed by atoms with E-state index >= 15 is 0 Å². The molecule has 0 fully saturated rings. The third-order valence-corrected chi connectivity index (χ3v) is 5.57. The molecule has 1 heterocycles. The van der Waals surface area contributed by atoms with Gasteiger partial charge in [-0.05, 0) is 0 Å². The molecule has 1 aliphatic rings. The molecule has 0 radical (unpaired) electrons. The van der Waals surface area contributed by atoms with Crippen LogP contribution >= 0.6 is 20.2 Å². The number of benzene rings is 1. The number of halogens is 4. The van der Waals surface area contributed by atoms with E-state index in [1.807, 2.05) is 0 Å². The first-order valence-electron chi connectivity index (χ1n) is 3.58. The normalized spacial score (nSPS) is 17.9. The van der Waals surface area contributed by atoms with E-state index in [0.717, 1.165) is 0 Å². The second kappa shape index (κ2) is 3.11. The van der Waals surface area contributed by atoms with E-state index in [-0.39, 0.29) is 9.13 Å². The number of hydrogen-bond donors (Lipinski definition) is 0. The fraction of sp³-hybridized carbons (Fsp3) is 0.125. The second-order valence-electron chi connectivity index (χ2n) is 2.52. The van der Waals surface area contributed by atoms with Crippen molar-refractivity contribution in [3.05, 3.63) is 33.4 Å². The van der Waals surface area contributed by atoms with Gasteiger partial charge in [-0.15, -0.1) is 0 Å². The van der Waals surface area contributed by atoms with Gasteiger partial charge in [-0.25, -0.2) is 0 Å². The molecule has 2 nitrogen and oxygen atoms in total. The molecule has 0 aromatic heterocycles. The third kappa shape index (κ3) is 1.47. The Morgan fingerprint density at radius 2 is 1.86 bits per heavy atom. The zero-order valence-electron chi connectivity index (χ0n) is 6.64. The molecule has 76 valence electrons. The maximum atomic E-state index is 12.4. The van der Waals surface area contributed by atoms with Gasteiger partial charge in [0.1, 0.15) is 0 Å². The van der Waals surface area contributed by atoms with Crippen molar-refractivity contribution in [1.82, 2.24) is 0 Å². The first-order chi connectivity index (χ1) is 6.50. The SMILES string of the molecule is O=C1OI(C(F)(F)F)c2ccccc21. The molecule has 0 aliphatic carbocycles. The van der Waals surface area contributed by atoms with Gasteiger partial charge >= 0.3 is 84.8 Å². The summed E-state index contributed by atoms with van der Waals surface area (Å²) in [7, 11) is 0. The molecule has 0 atom stereocenters. The number of alkyl halides is 4. The van der Waals surface area contributed by atoms with E-state index in [0.29, 0.717) is 0 Å². The van der Waals surface area contributed by atoms with E-state index < -0.39 is 30.4 Å². The molecule has 6 heteroatoms. The average Bonchev–Trinajstić information content (AvgIpc) is 2.44. The van der Waals surface area contributed by atoms with Gasteiger partial charge in [-0.1, -0.05) is 0 Å². The summed E-state index contributed by atoms with van der Waals surface area (Å²) in [5.41, 5.74) is 0.0648. The van der Waals surface area contributed by atoms with Crippen LogP contribution in [0.4, 0.5) is 13.2 Å². The third-order valence-electron chi connectivity index (χ3n) is 1.62. The summed E-state index contributed by atoms with van der Waals surface area (Å²) < 4.78 is 37.3. The summed E-state index contributed by atoms with van der Waals surface area (Å²) in [5.74, 6) is -0.844. The summed E-state index contributed by atoms with van der Waals surface area (Å²) in [6, 6.07) is 5.69. The summed E-state index contributed by atoms with van der Waals surface area (Å²) in [6.45, 7) is 0. The van der Waals surface area contributed by atoms with Gasteiger partial charge in [0.15, 0.2) is 0 Å². The zero-order chi connectivity index (χ0) is 10.3. The van der Waals surface area contributed by atoms with Gasteiger partial charge in [0.2, 0.25) is 0 Å². The van der Waals surface area contributed by atoms with Crippen LogP contribution in [-0.4, -0.2) is 10.2 Å². The fourth-order valence-corrected chi connectivity index (χ4v) is 4.33. The van der Waals surface area contributed by atoms with Crippen molar-refractivity contribution in [1.29, 1.82) is 0 Å². The van der Waals surface area contributed by atoms with E-state index in [1.165, 1.54) is 24.3 Å². The molecule has 0 saturated heterocycles. The molecule has 0 bridgehead atoms. The van der Waals surface area contributed by atoms with Crippen molar-refractivity contribution in [3.63, 3.8) is 0 Å². The monoisotopic (exact) mass is 316 g/mol. The molecule has 0 unspecified atom stereocenters. The minimum absolute atomic E-state index is 0.0502. The minimum atomic E-state index is -4.38. The van der Waals surface area contributed by atoms with Gasteiger partial charge in [0, 0.05) is 0 Å². The van der Waals surface area contributed by atoms with Crippen LogP contribution < -0.4 is 0 Å². The molecule has 1 aromatic carbocycles. The van der Waals surface area contributed by atoms with Crippen LogP contribution in [0.5, 0.6) is 0 Å². The van der Waals surface area contributed by atoms with E-state index in [9.17, 15) is 18.0 Å². The average molecular weight is 316 g/mol. The van der Waals surface area contributed by atoms with E-state index in [1.54, 1.807) is 0 Å². The molecule has 0 spiro atoms. The molecule has 0 amide bonds. The number of carbonyl (C=O) groups excluding carboxylic acids is 1. The van der Waals surface area contributed by atoms with Crippen LogP contribution in [-0.2, 0) is 3.07 Å². The Hall–Kier alpha value is -0.790. The van der Waals surface area contributed by atoms with Crippen molar-refractivity contribution in [2.24, 2.45) is 0 Å². The molecular formula is C8H4F3IO2. The first-order valence-corrected chi connectivity index (χ1v) is 6.62. The number of hydrogen-bond acceptors (Lipinski definition) is 2. The van der Waals surface area contributed by atoms with Crippen LogP contribution in [0.25, 0.3) is 0 Å². The molecule has 0 N–H and O–H groups in total. The molecule has 14 heavy (non-hydrogen) atoms. The Morgan fingerprint density at radius 3 is 2.50 bits per heavy atom. The Balaban J connectivity index is 2.50. The standard InChI is InChI=1S/C8H4F3IO2/c9-8(10,11)12-6-4-2-1-3-5(6)7(13)14-12/h1-4H. The summed E-state index contributed by atoms with van der Waals surface area (Å²) in [4.78, 5) is 11.0. The number of fused-ring (bicyclic) bond motifs is 1. The summed E-state index contributed by atoms with van der Waals surface area (Å²) in [6.07, 6.45) is 0. The van der Waals surface area contributed by atoms with Crippen LogP contribution in [0.1, 0.15) is 10.4 Å². The van der Waals surface area contributed by atoms with Crippen molar-refractivity contribution >= 4 is 26.2 Å². The number of carbonyl (C=O) groups is 1. The fourth-order valence-electron chi connectivity index (χ4n) is 1.09. The summed E-state index contributed by atoms with van der Waals surface area (Å²) in [5, 5.41) is 0. The number of rotatable bonds is 0. The van der Waals surface area contributed by atoms with Gasteiger partial charge < -0.3 is 0 Å². The van der Waals surface area contributed by atoms with Crippen LogP contribution in [0.15, 0.2) is 24.3 Å². The van der Waals surface area contributed by atoms with Crippen molar-refractivity contribution < 1.29 is 21.0 Å². The Labute approximate surface area is 85.0 Å². The first kappa shape index (κ1) is 9.75. The van der Waals surface area contributed by atoms with Gasteiger partial charge in [0.25, 0.3) is 0 Å². The molecule has 2 rings (SSSR count). The molecular weight excluding hydrogens is 312 g/mol. The van der Waals surface area contributed by atoms with E-state index in [4.69, 9.17) is 0 Å². The van der Waals surface area contributed by atoms with Crippen molar-refractivity contribution in [2.75, 3.05) is 0 Å². The predicted molar refractivity (Wildman–Crippen MR) is 50.6 cm³/mol. The Bertz CT molecular complexity index is 388. The van der Waals surface area contributed by atoms with Gasteiger partial charge in [-0.2, -0.15) is 0 Å². The van der Waals surface area contributed by atoms with Crippen molar-refractivity contribution in [2.45, 2.75) is 4.18 Å². The van der Waals surface area contributed by atoms with E-state index in [2.05, 4.69) is 3.07 Å².